The van der Waals surface area contributed by atoms with Crippen molar-refractivity contribution in [3.05, 3.63) is 81.9 Å². The van der Waals surface area contributed by atoms with E-state index in [0.717, 1.165) is 11.9 Å². The second-order valence-electron chi connectivity index (χ2n) is 7.08. The van der Waals surface area contributed by atoms with Crippen LogP contribution in [0, 0.1) is 10.1 Å². The van der Waals surface area contributed by atoms with Crippen molar-refractivity contribution in [3.63, 3.8) is 0 Å². The average molecular weight is 431 g/mol. The van der Waals surface area contributed by atoms with E-state index < -0.39 is 10.8 Å². The summed E-state index contributed by atoms with van der Waals surface area (Å²) in [6, 6.07) is 17.1. The minimum atomic E-state index is -0.570. The summed E-state index contributed by atoms with van der Waals surface area (Å²) in [4.78, 5) is 28.0. The van der Waals surface area contributed by atoms with Crippen LogP contribution in [-0.4, -0.2) is 22.4 Å². The first kappa shape index (κ1) is 21.0. The topological polar surface area (TPSA) is 108 Å². The second-order valence-corrected chi connectivity index (χ2v) is 7.08. The highest BCUT2D eigenvalue weighted by Gasteiger charge is 2.19. The van der Waals surface area contributed by atoms with E-state index in [1.54, 1.807) is 25.1 Å². The van der Waals surface area contributed by atoms with Gasteiger partial charge in [0.25, 0.3) is 5.91 Å². The van der Waals surface area contributed by atoms with E-state index in [4.69, 9.17) is 9.15 Å². The lowest BCUT2D eigenvalue weighted by molar-refractivity contribution is -0.385. The van der Waals surface area contributed by atoms with Gasteiger partial charge in [0, 0.05) is 22.9 Å². The lowest BCUT2D eigenvalue weighted by atomic mass is 10.1. The monoisotopic (exact) mass is 431 g/mol. The molecule has 0 fully saturated rings. The van der Waals surface area contributed by atoms with Crippen LogP contribution in [0.25, 0.3) is 22.6 Å². The molecule has 0 aliphatic rings. The number of rotatable bonds is 7. The number of hydrogen-bond acceptors (Lipinski definition) is 6. The number of nitrogens with one attached hydrogen (secondary N) is 1. The van der Waals surface area contributed by atoms with Gasteiger partial charge in [0.2, 0.25) is 5.89 Å². The van der Waals surface area contributed by atoms with Gasteiger partial charge in [0.1, 0.15) is 5.52 Å². The summed E-state index contributed by atoms with van der Waals surface area (Å²) in [5.74, 6) is 0.0951. The molecule has 0 unspecified atom stereocenters. The molecule has 32 heavy (non-hydrogen) atoms. The zero-order valence-electron chi connectivity index (χ0n) is 17.6. The summed E-state index contributed by atoms with van der Waals surface area (Å²) in [7, 11) is 0. The Morgan fingerprint density at radius 2 is 1.97 bits per heavy atom. The molecule has 1 amide bonds. The number of hydrogen-bond donors (Lipinski definition) is 1. The van der Waals surface area contributed by atoms with Crippen molar-refractivity contribution in [2.24, 2.45) is 0 Å². The van der Waals surface area contributed by atoms with Gasteiger partial charge in [-0.15, -0.1) is 0 Å². The normalized spacial score (nSPS) is 10.8. The van der Waals surface area contributed by atoms with Gasteiger partial charge in [-0.2, -0.15) is 0 Å². The van der Waals surface area contributed by atoms with Gasteiger partial charge < -0.3 is 14.5 Å². The van der Waals surface area contributed by atoms with E-state index in [2.05, 4.69) is 17.2 Å². The van der Waals surface area contributed by atoms with Gasteiger partial charge in [0.05, 0.1) is 11.5 Å². The molecule has 8 nitrogen and oxygen atoms in total. The first-order valence-electron chi connectivity index (χ1n) is 10.2. The molecule has 3 aromatic carbocycles. The summed E-state index contributed by atoms with van der Waals surface area (Å²) in [5.41, 5.74) is 3.74. The number of nitro benzene ring substituents is 1. The number of aromatic nitrogens is 1. The van der Waals surface area contributed by atoms with Crippen LogP contribution in [0.5, 0.6) is 5.75 Å². The highest BCUT2D eigenvalue weighted by atomic mass is 16.6. The Balaban J connectivity index is 1.58. The molecule has 0 spiro atoms. The van der Waals surface area contributed by atoms with Crippen molar-refractivity contribution in [1.82, 2.24) is 4.98 Å². The fourth-order valence-corrected chi connectivity index (χ4v) is 3.33. The van der Waals surface area contributed by atoms with Crippen molar-refractivity contribution in [1.29, 1.82) is 0 Å². The predicted octanol–water partition coefficient (Wildman–Crippen LogP) is 5.62. The van der Waals surface area contributed by atoms with Crippen molar-refractivity contribution in [3.8, 4) is 17.2 Å². The minimum absolute atomic E-state index is 0.123. The number of nitro groups is 1. The molecule has 1 heterocycles. The van der Waals surface area contributed by atoms with E-state index in [-0.39, 0.29) is 23.6 Å². The van der Waals surface area contributed by atoms with Crippen LogP contribution in [0.15, 0.2) is 65.1 Å². The Bertz CT molecular complexity index is 1310. The first-order chi connectivity index (χ1) is 15.5. The van der Waals surface area contributed by atoms with Crippen LogP contribution in [0.1, 0.15) is 29.8 Å². The summed E-state index contributed by atoms with van der Waals surface area (Å²) < 4.78 is 11.1. The second kappa shape index (κ2) is 8.89. The maximum atomic E-state index is 12.7. The van der Waals surface area contributed by atoms with Crippen molar-refractivity contribution >= 4 is 28.4 Å². The zero-order chi connectivity index (χ0) is 22.7. The molecule has 0 aliphatic carbocycles. The van der Waals surface area contributed by atoms with E-state index in [1.165, 1.54) is 23.8 Å². The van der Waals surface area contributed by atoms with Gasteiger partial charge >= 0.3 is 5.69 Å². The van der Waals surface area contributed by atoms with Crippen molar-refractivity contribution in [2.45, 2.75) is 20.3 Å². The third-order valence-corrected chi connectivity index (χ3v) is 4.95. The summed E-state index contributed by atoms with van der Waals surface area (Å²) >= 11 is 0. The third-order valence-electron chi connectivity index (χ3n) is 4.95. The Morgan fingerprint density at radius 3 is 2.72 bits per heavy atom. The number of aryl methyl sites for hydroxylation is 1. The number of carbonyl (C=O) groups is 1. The van der Waals surface area contributed by atoms with Crippen LogP contribution in [0.4, 0.5) is 11.4 Å². The van der Waals surface area contributed by atoms with Gasteiger partial charge in [-0.05, 0) is 61.4 Å². The van der Waals surface area contributed by atoms with Crippen LogP contribution in [0.3, 0.4) is 0 Å². The lowest BCUT2D eigenvalue weighted by Gasteiger charge is -2.08. The number of ether oxygens (including phenoxy) is 1. The number of amides is 1. The maximum absolute atomic E-state index is 12.7. The van der Waals surface area contributed by atoms with Crippen LogP contribution in [0.2, 0.25) is 0 Å². The largest absolute Gasteiger partial charge is 0.487 e. The highest BCUT2D eigenvalue weighted by molar-refractivity contribution is 6.05. The van der Waals surface area contributed by atoms with Crippen LogP contribution in [-0.2, 0) is 6.42 Å². The van der Waals surface area contributed by atoms with Crippen molar-refractivity contribution < 1.29 is 18.9 Å². The molecule has 0 atom stereocenters. The summed E-state index contributed by atoms with van der Waals surface area (Å²) in [5, 5.41) is 14.1. The van der Waals surface area contributed by atoms with E-state index >= 15 is 0 Å². The molecular weight excluding hydrogens is 410 g/mol. The Hall–Kier alpha value is -4.20. The van der Waals surface area contributed by atoms with E-state index in [9.17, 15) is 14.9 Å². The van der Waals surface area contributed by atoms with Crippen LogP contribution >= 0.6 is 0 Å². The van der Waals surface area contributed by atoms with Crippen molar-refractivity contribution in [2.75, 3.05) is 11.9 Å². The van der Waals surface area contributed by atoms with Gasteiger partial charge in [0.15, 0.2) is 11.3 Å². The molecule has 162 valence electrons. The molecule has 0 saturated carbocycles. The Kier molecular flexibility index (Phi) is 5.85. The molecule has 0 radical (unpaired) electrons. The minimum Gasteiger partial charge on any atom is -0.487 e. The molecule has 0 bridgehead atoms. The first-order valence-corrected chi connectivity index (χ1v) is 10.2. The fraction of sp³-hybridized carbons (Fsp3) is 0.167. The molecule has 8 heteroatoms. The summed E-state index contributed by atoms with van der Waals surface area (Å²) in [6.07, 6.45) is 0.906. The van der Waals surface area contributed by atoms with E-state index in [0.29, 0.717) is 22.7 Å². The highest BCUT2D eigenvalue weighted by Crippen LogP contribution is 2.29. The molecule has 4 aromatic rings. The van der Waals surface area contributed by atoms with Gasteiger partial charge in [-0.3, -0.25) is 14.9 Å². The molecule has 0 saturated heterocycles. The molecule has 1 aromatic heterocycles. The number of oxazole rings is 1. The lowest BCUT2D eigenvalue weighted by Crippen LogP contribution is -2.12. The number of anilines is 1. The quantitative estimate of drug-likeness (QED) is 0.301. The average Bonchev–Trinajstić information content (AvgIpc) is 3.23. The summed E-state index contributed by atoms with van der Waals surface area (Å²) in [6.45, 7) is 4.10. The van der Waals surface area contributed by atoms with E-state index in [1.807, 2.05) is 24.3 Å². The van der Waals surface area contributed by atoms with Gasteiger partial charge in [-0.1, -0.05) is 19.1 Å². The fourth-order valence-electron chi connectivity index (χ4n) is 3.33. The number of fused-ring (bicyclic) bond motifs is 1. The third kappa shape index (κ3) is 4.29. The molecular formula is C24H21N3O5. The molecule has 1 N–H and O–H groups in total. The number of benzene rings is 3. The smallest absolute Gasteiger partial charge is 0.311 e. The Morgan fingerprint density at radius 1 is 1.12 bits per heavy atom. The van der Waals surface area contributed by atoms with Gasteiger partial charge in [-0.25, -0.2) is 4.98 Å². The SMILES string of the molecule is CCOc1ccc(C(=O)Nc2cccc(-c3nc4cc(CC)ccc4o3)c2)cc1[N+](=O)[O-]. The molecule has 4 rings (SSSR count). The number of nitrogens with zero attached hydrogens (tertiary/aromatic N) is 2. The standard InChI is InChI=1S/C24H21N3O5/c1-3-15-8-10-21-19(12-15)26-24(32-21)17-6-5-7-18(13-17)25-23(28)16-9-11-22(31-4-2)20(14-16)27(29)30/h5-14H,3-4H2,1-2H3,(H,25,28). The number of carbonyl (C=O) groups excluding carboxylic acids is 1. The zero-order valence-corrected chi connectivity index (χ0v) is 17.6. The van der Waals surface area contributed by atoms with Crippen LogP contribution < -0.4 is 10.1 Å². The molecule has 0 aliphatic heterocycles. The predicted molar refractivity (Wildman–Crippen MR) is 121 cm³/mol. The maximum Gasteiger partial charge on any atom is 0.311 e. The Labute approximate surface area is 184 Å².